The number of phenols is 1. The van der Waals surface area contributed by atoms with E-state index in [4.69, 9.17) is 4.74 Å². The first-order chi connectivity index (χ1) is 12.7. The summed E-state index contributed by atoms with van der Waals surface area (Å²) in [7, 11) is 0. The van der Waals surface area contributed by atoms with Crippen LogP contribution in [0.3, 0.4) is 0 Å². The predicted octanol–water partition coefficient (Wildman–Crippen LogP) is 4.15. The summed E-state index contributed by atoms with van der Waals surface area (Å²) < 4.78 is 5.77. The highest BCUT2D eigenvalue weighted by atomic mass is 32.1. The molecule has 1 aliphatic heterocycles. The molecule has 2 aromatic rings. The van der Waals surface area contributed by atoms with Gasteiger partial charge in [-0.1, -0.05) is 18.2 Å². The molecule has 0 spiro atoms. The SMILES string of the molecule is O=C(c1cc2c(s1)CCCC2)N(Cc1ccccc1O)CC1CCCO1. The normalized spacial score (nSPS) is 19.3. The molecule has 2 heterocycles. The van der Waals surface area contributed by atoms with E-state index in [1.807, 2.05) is 17.0 Å². The first kappa shape index (κ1) is 17.6. The number of hydrogen-bond acceptors (Lipinski definition) is 4. The van der Waals surface area contributed by atoms with E-state index in [0.29, 0.717) is 13.1 Å². The number of amides is 1. The predicted molar refractivity (Wildman–Crippen MR) is 103 cm³/mol. The smallest absolute Gasteiger partial charge is 0.264 e. The minimum Gasteiger partial charge on any atom is -0.508 e. The van der Waals surface area contributed by atoms with Crippen LogP contribution in [-0.4, -0.2) is 35.2 Å². The Morgan fingerprint density at radius 1 is 1.23 bits per heavy atom. The maximum absolute atomic E-state index is 13.3. The van der Waals surface area contributed by atoms with Gasteiger partial charge in [-0.05, 0) is 56.2 Å². The molecule has 4 rings (SSSR count). The standard InChI is InChI=1S/C21H25NO3S/c23-18-9-3-1-7-16(18)13-22(14-17-8-5-11-25-17)21(24)20-12-15-6-2-4-10-19(15)26-20/h1,3,7,9,12,17,23H,2,4-6,8,10-11,13-14H2. The minimum atomic E-state index is 0.0585. The number of thiophene rings is 1. The number of nitrogens with zero attached hydrogens (tertiary/aromatic N) is 1. The van der Waals surface area contributed by atoms with Gasteiger partial charge in [-0.3, -0.25) is 4.79 Å². The Morgan fingerprint density at radius 2 is 2.08 bits per heavy atom. The van der Waals surface area contributed by atoms with Gasteiger partial charge in [0.15, 0.2) is 0 Å². The first-order valence-electron chi connectivity index (χ1n) is 9.50. The van der Waals surface area contributed by atoms with Crippen LogP contribution in [0.2, 0.25) is 0 Å². The van der Waals surface area contributed by atoms with Crippen LogP contribution in [-0.2, 0) is 24.1 Å². The lowest BCUT2D eigenvalue weighted by Gasteiger charge is -2.25. The summed E-state index contributed by atoms with van der Waals surface area (Å²) in [5.41, 5.74) is 2.13. The summed E-state index contributed by atoms with van der Waals surface area (Å²) in [5.74, 6) is 0.297. The van der Waals surface area contributed by atoms with Crippen LogP contribution in [0.4, 0.5) is 0 Å². The molecule has 1 aromatic carbocycles. The summed E-state index contributed by atoms with van der Waals surface area (Å²) in [6, 6.07) is 9.35. The Bertz CT molecular complexity index is 756. The molecule has 1 N–H and O–H groups in total. The molecule has 1 saturated heterocycles. The molecule has 1 unspecified atom stereocenters. The topological polar surface area (TPSA) is 49.8 Å². The van der Waals surface area contributed by atoms with E-state index in [0.717, 1.165) is 42.7 Å². The van der Waals surface area contributed by atoms with Crippen molar-refractivity contribution in [1.82, 2.24) is 4.90 Å². The van der Waals surface area contributed by atoms with E-state index in [2.05, 4.69) is 6.07 Å². The average molecular weight is 372 g/mol. The van der Waals surface area contributed by atoms with Gasteiger partial charge in [0, 0.05) is 30.1 Å². The second kappa shape index (κ2) is 7.80. The minimum absolute atomic E-state index is 0.0585. The molecule has 2 aliphatic rings. The molecule has 4 nitrogen and oxygen atoms in total. The third-order valence-electron chi connectivity index (χ3n) is 5.30. The fourth-order valence-electron chi connectivity index (χ4n) is 3.86. The number of para-hydroxylation sites is 1. The fourth-order valence-corrected chi connectivity index (χ4v) is 5.08. The number of benzene rings is 1. The number of fused-ring (bicyclic) bond motifs is 1. The Balaban J connectivity index is 1.57. The van der Waals surface area contributed by atoms with E-state index in [-0.39, 0.29) is 17.8 Å². The summed E-state index contributed by atoms with van der Waals surface area (Å²) in [5, 5.41) is 10.1. The highest BCUT2D eigenvalue weighted by molar-refractivity contribution is 7.14. The second-order valence-corrected chi connectivity index (χ2v) is 8.35. The van der Waals surface area contributed by atoms with Gasteiger partial charge in [0.2, 0.25) is 0 Å². The molecule has 138 valence electrons. The van der Waals surface area contributed by atoms with Crippen molar-refractivity contribution >= 4 is 17.2 Å². The Hall–Kier alpha value is -1.85. The van der Waals surface area contributed by atoms with Crippen molar-refractivity contribution in [2.45, 2.75) is 51.2 Å². The molecule has 1 aromatic heterocycles. The average Bonchev–Trinajstić information content (AvgIpc) is 3.31. The first-order valence-corrected chi connectivity index (χ1v) is 10.3. The lowest BCUT2D eigenvalue weighted by atomic mass is 9.99. The van der Waals surface area contributed by atoms with Gasteiger partial charge in [0.1, 0.15) is 5.75 Å². The van der Waals surface area contributed by atoms with Crippen molar-refractivity contribution in [3.05, 3.63) is 51.2 Å². The largest absolute Gasteiger partial charge is 0.508 e. The molecular formula is C21H25NO3S. The molecule has 1 atom stereocenters. The van der Waals surface area contributed by atoms with Gasteiger partial charge in [-0.15, -0.1) is 11.3 Å². The molecule has 1 amide bonds. The molecule has 26 heavy (non-hydrogen) atoms. The van der Waals surface area contributed by atoms with Crippen LogP contribution >= 0.6 is 11.3 Å². The van der Waals surface area contributed by atoms with Crippen LogP contribution < -0.4 is 0 Å². The molecule has 0 saturated carbocycles. The molecule has 0 bridgehead atoms. The van der Waals surface area contributed by atoms with E-state index >= 15 is 0 Å². The van der Waals surface area contributed by atoms with Gasteiger partial charge in [-0.25, -0.2) is 0 Å². The summed E-state index contributed by atoms with van der Waals surface area (Å²) in [6.07, 6.45) is 6.76. The molecule has 5 heteroatoms. The van der Waals surface area contributed by atoms with Crippen LogP contribution in [0.5, 0.6) is 5.75 Å². The number of rotatable bonds is 5. The van der Waals surface area contributed by atoms with E-state index in [9.17, 15) is 9.90 Å². The number of carbonyl (C=O) groups excluding carboxylic acids is 1. The van der Waals surface area contributed by atoms with E-state index in [1.165, 1.54) is 23.3 Å². The number of carbonyl (C=O) groups is 1. The number of ether oxygens (including phenoxy) is 1. The quantitative estimate of drug-likeness (QED) is 0.859. The number of aromatic hydroxyl groups is 1. The van der Waals surface area contributed by atoms with E-state index in [1.54, 1.807) is 23.5 Å². The van der Waals surface area contributed by atoms with Crippen molar-refractivity contribution in [3.63, 3.8) is 0 Å². The monoisotopic (exact) mass is 371 g/mol. The summed E-state index contributed by atoms with van der Waals surface area (Å²) in [6.45, 7) is 1.76. The van der Waals surface area contributed by atoms with E-state index < -0.39 is 0 Å². The van der Waals surface area contributed by atoms with Crippen LogP contribution in [0, 0.1) is 0 Å². The molecular weight excluding hydrogens is 346 g/mol. The lowest BCUT2D eigenvalue weighted by molar-refractivity contribution is 0.0509. The van der Waals surface area contributed by atoms with Crippen molar-refractivity contribution in [2.24, 2.45) is 0 Å². The Morgan fingerprint density at radius 3 is 2.85 bits per heavy atom. The van der Waals surface area contributed by atoms with Crippen LogP contribution in [0.25, 0.3) is 0 Å². The number of aryl methyl sites for hydroxylation is 2. The zero-order chi connectivity index (χ0) is 17.9. The van der Waals surface area contributed by atoms with Gasteiger partial charge >= 0.3 is 0 Å². The Labute approximate surface area is 158 Å². The van der Waals surface area contributed by atoms with Gasteiger partial charge in [-0.2, -0.15) is 0 Å². The van der Waals surface area contributed by atoms with Crippen molar-refractivity contribution in [2.75, 3.05) is 13.2 Å². The Kier molecular flexibility index (Phi) is 5.27. The number of hydrogen-bond donors (Lipinski definition) is 1. The molecule has 1 aliphatic carbocycles. The maximum Gasteiger partial charge on any atom is 0.264 e. The molecule has 1 fully saturated rings. The van der Waals surface area contributed by atoms with Gasteiger partial charge in [0.25, 0.3) is 5.91 Å². The van der Waals surface area contributed by atoms with Crippen molar-refractivity contribution in [3.8, 4) is 5.75 Å². The van der Waals surface area contributed by atoms with Crippen molar-refractivity contribution in [1.29, 1.82) is 0 Å². The third-order valence-corrected chi connectivity index (χ3v) is 6.52. The fraction of sp³-hybridized carbons (Fsp3) is 0.476. The highest BCUT2D eigenvalue weighted by Crippen LogP contribution is 2.31. The van der Waals surface area contributed by atoms with Crippen LogP contribution in [0.15, 0.2) is 30.3 Å². The second-order valence-electron chi connectivity index (χ2n) is 7.22. The highest BCUT2D eigenvalue weighted by Gasteiger charge is 2.26. The maximum atomic E-state index is 13.3. The number of phenolic OH excluding ortho intramolecular Hbond substituents is 1. The zero-order valence-corrected chi connectivity index (χ0v) is 15.8. The summed E-state index contributed by atoms with van der Waals surface area (Å²) >= 11 is 1.65. The van der Waals surface area contributed by atoms with Gasteiger partial charge < -0.3 is 14.7 Å². The van der Waals surface area contributed by atoms with Crippen LogP contribution in [0.1, 0.15) is 51.4 Å². The lowest BCUT2D eigenvalue weighted by Crippen LogP contribution is -2.36. The molecule has 0 radical (unpaired) electrons. The zero-order valence-electron chi connectivity index (χ0n) is 14.9. The van der Waals surface area contributed by atoms with Crippen molar-refractivity contribution < 1.29 is 14.6 Å². The third kappa shape index (κ3) is 3.79. The summed E-state index contributed by atoms with van der Waals surface area (Å²) in [4.78, 5) is 17.3. The van der Waals surface area contributed by atoms with Gasteiger partial charge in [0.05, 0.1) is 11.0 Å².